The summed E-state index contributed by atoms with van der Waals surface area (Å²) in [5.41, 5.74) is -0.396. The third kappa shape index (κ3) is 3.91. The molecule has 0 bridgehead atoms. The predicted octanol–water partition coefficient (Wildman–Crippen LogP) is 2.09. The lowest BCUT2D eigenvalue weighted by atomic mass is 10.1. The maximum absolute atomic E-state index is 11.6. The molecule has 0 aliphatic carbocycles. The van der Waals surface area contributed by atoms with Crippen LogP contribution in [0.1, 0.15) is 20.7 Å². The van der Waals surface area contributed by atoms with Crippen LogP contribution < -0.4 is 5.11 Å². The van der Waals surface area contributed by atoms with Gasteiger partial charge in [-0.15, -0.1) is 0 Å². The minimum Gasteiger partial charge on any atom is -0.545 e. The summed E-state index contributed by atoms with van der Waals surface area (Å²) in [6.45, 7) is -0.343. The first-order valence-corrected chi connectivity index (χ1v) is 5.74. The van der Waals surface area contributed by atoms with Gasteiger partial charge in [0.15, 0.2) is 0 Å². The van der Waals surface area contributed by atoms with Crippen LogP contribution in [0.2, 0.25) is 0 Å². The second-order valence-corrected chi connectivity index (χ2v) is 4.48. The van der Waals surface area contributed by atoms with E-state index in [1.165, 1.54) is 24.3 Å². The van der Waals surface area contributed by atoms with E-state index >= 15 is 0 Å². The molecule has 0 aliphatic rings. The maximum Gasteiger partial charge on any atom is 0.339 e. The van der Waals surface area contributed by atoms with Crippen molar-refractivity contribution in [2.45, 2.75) is 0 Å². The molecule has 0 heterocycles. The number of hydrogen-bond donors (Lipinski definition) is 0. The topological polar surface area (TPSA) is 66.4 Å². The molecule has 1 aromatic rings. The molecule has 0 unspecified atom stereocenters. The van der Waals surface area contributed by atoms with Gasteiger partial charge in [-0.3, -0.25) is 0 Å². The third-order valence-corrected chi connectivity index (χ3v) is 2.85. The van der Waals surface area contributed by atoms with Gasteiger partial charge in [0, 0.05) is 5.56 Å². The molecule has 0 aromatic heterocycles. The third-order valence-electron chi connectivity index (χ3n) is 1.90. The second-order valence-electron chi connectivity index (χ2n) is 3.07. The minimum atomic E-state index is -1.47. The van der Waals surface area contributed by atoms with Crippen LogP contribution in [0.5, 0.6) is 0 Å². The molecule has 0 atom stereocenters. The van der Waals surface area contributed by atoms with E-state index < -0.39 is 11.9 Å². The van der Waals surface area contributed by atoms with Crippen molar-refractivity contribution in [3.05, 3.63) is 44.9 Å². The molecule has 0 saturated carbocycles. The lowest BCUT2D eigenvalue weighted by Gasteiger charge is -2.09. The summed E-state index contributed by atoms with van der Waals surface area (Å²) in [6, 6.07) is 5.49. The van der Waals surface area contributed by atoms with Gasteiger partial charge < -0.3 is 14.6 Å². The summed E-state index contributed by atoms with van der Waals surface area (Å²) >= 11 is 16.3. The molecule has 0 aliphatic heterocycles. The average Bonchev–Trinajstić information content (AvgIpc) is 2.35. The molecule has 0 radical (unpaired) electrons. The van der Waals surface area contributed by atoms with E-state index in [0.717, 1.165) is 0 Å². The Morgan fingerprint density at radius 1 is 1.11 bits per heavy atom. The molecule has 7 heteroatoms. The lowest BCUT2D eigenvalue weighted by Crippen LogP contribution is -2.25. The average molecular weight is 309 g/mol. The number of carbonyl (C=O) groups is 2. The van der Waals surface area contributed by atoms with E-state index in [2.05, 4.69) is 0 Å². The highest BCUT2D eigenvalue weighted by Crippen LogP contribution is 2.18. The highest BCUT2D eigenvalue weighted by Gasteiger charge is 2.13. The van der Waals surface area contributed by atoms with Crippen molar-refractivity contribution in [2.24, 2.45) is 0 Å². The molecule has 4 nitrogen and oxygen atoms in total. The van der Waals surface area contributed by atoms with E-state index in [1.54, 1.807) is 0 Å². The van der Waals surface area contributed by atoms with Gasteiger partial charge >= 0.3 is 5.97 Å². The van der Waals surface area contributed by atoms with E-state index in [1.807, 2.05) is 0 Å². The molecule has 96 valence electrons. The highest BCUT2D eigenvalue weighted by molar-refractivity contribution is 6.59. The van der Waals surface area contributed by atoms with Crippen molar-refractivity contribution in [1.29, 1.82) is 0 Å². The van der Waals surface area contributed by atoms with E-state index in [4.69, 9.17) is 39.5 Å². The molecule has 0 fully saturated rings. The van der Waals surface area contributed by atoms with Crippen LogP contribution >= 0.6 is 34.8 Å². The Morgan fingerprint density at radius 3 is 2.17 bits per heavy atom. The molecule has 0 spiro atoms. The van der Waals surface area contributed by atoms with Crippen molar-refractivity contribution in [3.63, 3.8) is 0 Å². The van der Waals surface area contributed by atoms with Crippen LogP contribution in [-0.2, 0) is 4.74 Å². The Morgan fingerprint density at radius 2 is 1.67 bits per heavy atom. The standard InChI is InChI=1S/C11H7Cl3O4/c12-8(9(13)14)5-18-11(17)7-4-2-1-3-6(7)10(15)16/h1-4H,5H2,(H,15,16)/p-1. The number of carboxylic acids is 1. The van der Waals surface area contributed by atoms with Crippen LogP contribution in [0.4, 0.5) is 0 Å². The zero-order valence-electron chi connectivity index (χ0n) is 8.78. The number of aromatic carboxylic acids is 1. The monoisotopic (exact) mass is 307 g/mol. The molecule has 0 amide bonds. The first-order chi connectivity index (χ1) is 8.43. The van der Waals surface area contributed by atoms with Crippen LogP contribution in [0, 0.1) is 0 Å². The van der Waals surface area contributed by atoms with Gasteiger partial charge in [-0.25, -0.2) is 4.79 Å². The number of esters is 1. The molecular weight excluding hydrogens is 302 g/mol. The Kier molecular flexibility index (Phi) is 5.47. The van der Waals surface area contributed by atoms with Crippen molar-refractivity contribution >= 4 is 46.7 Å². The summed E-state index contributed by atoms with van der Waals surface area (Å²) < 4.78 is 4.53. The van der Waals surface area contributed by atoms with Gasteiger partial charge in [0.2, 0.25) is 0 Å². The van der Waals surface area contributed by atoms with Gasteiger partial charge in [0.25, 0.3) is 0 Å². The van der Waals surface area contributed by atoms with Crippen molar-refractivity contribution in [3.8, 4) is 0 Å². The number of halogens is 3. The molecule has 1 rings (SSSR count). The Hall–Kier alpha value is -1.23. The minimum absolute atomic E-state index is 0.0578. The molecule has 18 heavy (non-hydrogen) atoms. The number of ether oxygens (including phenoxy) is 1. The SMILES string of the molecule is O=C([O-])c1ccccc1C(=O)OCC(Cl)=C(Cl)Cl. The van der Waals surface area contributed by atoms with Crippen LogP contribution in [-0.4, -0.2) is 18.5 Å². The van der Waals surface area contributed by atoms with Crippen LogP contribution in [0.25, 0.3) is 0 Å². The molecule has 0 saturated heterocycles. The number of carbonyl (C=O) groups excluding carboxylic acids is 2. The zero-order valence-corrected chi connectivity index (χ0v) is 11.1. The van der Waals surface area contributed by atoms with Crippen molar-refractivity contribution in [2.75, 3.05) is 6.61 Å². The fraction of sp³-hybridized carbons (Fsp3) is 0.0909. The number of hydrogen-bond acceptors (Lipinski definition) is 4. The summed E-state index contributed by atoms with van der Waals surface area (Å²) in [5, 5.41) is 10.7. The number of benzene rings is 1. The smallest absolute Gasteiger partial charge is 0.339 e. The predicted molar refractivity (Wildman–Crippen MR) is 65.6 cm³/mol. The quantitative estimate of drug-likeness (QED) is 0.799. The van der Waals surface area contributed by atoms with Crippen LogP contribution in [0.15, 0.2) is 33.8 Å². The maximum atomic E-state index is 11.6. The summed E-state index contributed by atoms with van der Waals surface area (Å²) in [5.74, 6) is -2.33. The Labute approximate surface area is 118 Å². The Balaban J connectivity index is 2.86. The van der Waals surface area contributed by atoms with Gasteiger partial charge in [0.1, 0.15) is 11.1 Å². The first kappa shape index (κ1) is 14.8. The molecule has 1 aromatic carbocycles. The van der Waals surface area contributed by atoms with Gasteiger partial charge in [-0.2, -0.15) is 0 Å². The number of carboxylic acid groups (broad SMARTS) is 1. The van der Waals surface area contributed by atoms with E-state index in [-0.39, 0.29) is 27.3 Å². The van der Waals surface area contributed by atoms with Crippen molar-refractivity contribution in [1.82, 2.24) is 0 Å². The van der Waals surface area contributed by atoms with E-state index in [9.17, 15) is 14.7 Å². The van der Waals surface area contributed by atoms with E-state index in [0.29, 0.717) is 0 Å². The highest BCUT2D eigenvalue weighted by atomic mass is 35.5. The zero-order chi connectivity index (χ0) is 13.7. The van der Waals surface area contributed by atoms with Gasteiger partial charge in [0.05, 0.1) is 16.6 Å². The molecule has 0 N–H and O–H groups in total. The fourth-order valence-corrected chi connectivity index (χ4v) is 1.26. The summed E-state index contributed by atoms with van der Waals surface area (Å²) in [7, 11) is 0. The summed E-state index contributed by atoms with van der Waals surface area (Å²) in [4.78, 5) is 22.4. The Bertz CT molecular complexity index is 507. The number of rotatable bonds is 4. The first-order valence-electron chi connectivity index (χ1n) is 4.60. The second kappa shape index (κ2) is 6.64. The molecular formula is C11H6Cl3O4-. The normalized spacial score (nSPS) is 9.72. The summed E-state index contributed by atoms with van der Waals surface area (Å²) in [6.07, 6.45) is 0. The van der Waals surface area contributed by atoms with Crippen molar-refractivity contribution < 1.29 is 19.4 Å². The van der Waals surface area contributed by atoms with Gasteiger partial charge in [-0.1, -0.05) is 53.0 Å². The van der Waals surface area contributed by atoms with Crippen LogP contribution in [0.3, 0.4) is 0 Å². The fourth-order valence-electron chi connectivity index (χ4n) is 1.10. The largest absolute Gasteiger partial charge is 0.545 e. The van der Waals surface area contributed by atoms with Gasteiger partial charge in [-0.05, 0) is 6.07 Å². The lowest BCUT2D eigenvalue weighted by molar-refractivity contribution is -0.255.